The van der Waals surface area contributed by atoms with Crippen LogP contribution in [0.3, 0.4) is 0 Å². The summed E-state index contributed by atoms with van der Waals surface area (Å²) in [5, 5.41) is 0. The molecule has 0 aromatic rings. The van der Waals surface area contributed by atoms with Gasteiger partial charge in [-0.2, -0.15) is 0 Å². The maximum absolute atomic E-state index is 12.3. The highest BCUT2D eigenvalue weighted by Crippen LogP contribution is 2.28. The van der Waals surface area contributed by atoms with Crippen LogP contribution in [-0.2, 0) is 15.8 Å². The van der Waals surface area contributed by atoms with Crippen molar-refractivity contribution in [2.75, 3.05) is 6.54 Å². The Morgan fingerprint density at radius 1 is 1.56 bits per heavy atom. The molecular weight excluding hydrogens is 222 g/mol. The minimum atomic E-state index is -1.05. The SMILES string of the molecule is CC[C@H]1C(C(C)=O)=CCN1[S@@](=O)C(C)(C)C. The van der Waals surface area contributed by atoms with Crippen molar-refractivity contribution in [3.8, 4) is 0 Å². The normalized spacial score (nSPS) is 24.3. The summed E-state index contributed by atoms with van der Waals surface area (Å²) in [4.78, 5) is 11.4. The topological polar surface area (TPSA) is 37.4 Å². The number of hydrogen-bond acceptors (Lipinski definition) is 2. The summed E-state index contributed by atoms with van der Waals surface area (Å²) < 4.78 is 14.0. The van der Waals surface area contributed by atoms with E-state index in [-0.39, 0.29) is 16.6 Å². The van der Waals surface area contributed by atoms with Gasteiger partial charge < -0.3 is 0 Å². The van der Waals surface area contributed by atoms with E-state index in [9.17, 15) is 9.00 Å². The van der Waals surface area contributed by atoms with Crippen molar-refractivity contribution in [2.45, 2.75) is 51.8 Å². The molecule has 0 saturated heterocycles. The van der Waals surface area contributed by atoms with Crippen LogP contribution < -0.4 is 0 Å². The zero-order valence-corrected chi connectivity index (χ0v) is 11.6. The van der Waals surface area contributed by atoms with Gasteiger partial charge in [0.25, 0.3) is 0 Å². The molecule has 0 bridgehead atoms. The van der Waals surface area contributed by atoms with Crippen LogP contribution in [0, 0.1) is 0 Å². The fourth-order valence-electron chi connectivity index (χ4n) is 1.94. The average molecular weight is 243 g/mol. The van der Waals surface area contributed by atoms with Gasteiger partial charge in [-0.25, -0.2) is 8.51 Å². The van der Waals surface area contributed by atoms with E-state index in [0.29, 0.717) is 6.54 Å². The number of rotatable bonds is 3. The molecule has 0 N–H and O–H groups in total. The van der Waals surface area contributed by atoms with Gasteiger partial charge in [0.15, 0.2) is 5.78 Å². The van der Waals surface area contributed by atoms with Crippen molar-refractivity contribution in [1.82, 2.24) is 4.31 Å². The molecule has 1 heterocycles. The predicted molar refractivity (Wildman–Crippen MR) is 67.4 cm³/mol. The van der Waals surface area contributed by atoms with Crippen molar-refractivity contribution in [2.24, 2.45) is 0 Å². The van der Waals surface area contributed by atoms with E-state index in [1.807, 2.05) is 38.1 Å². The maximum atomic E-state index is 12.3. The molecule has 0 saturated carbocycles. The summed E-state index contributed by atoms with van der Waals surface area (Å²) in [6.07, 6.45) is 2.74. The Hall–Kier alpha value is -0.480. The number of carbonyl (C=O) groups excluding carboxylic acids is 1. The molecule has 0 aromatic heterocycles. The number of nitrogens with zero attached hydrogens (tertiary/aromatic N) is 1. The van der Waals surface area contributed by atoms with Crippen LogP contribution in [0.2, 0.25) is 0 Å². The number of carbonyl (C=O) groups is 1. The van der Waals surface area contributed by atoms with Crippen LogP contribution >= 0.6 is 0 Å². The lowest BCUT2D eigenvalue weighted by atomic mass is 10.0. The van der Waals surface area contributed by atoms with Gasteiger partial charge in [-0.3, -0.25) is 4.79 Å². The first-order valence-electron chi connectivity index (χ1n) is 5.68. The second-order valence-corrected chi connectivity index (χ2v) is 7.29. The summed E-state index contributed by atoms with van der Waals surface area (Å²) in [5.74, 6) is 0.0975. The molecule has 3 nitrogen and oxygen atoms in total. The monoisotopic (exact) mass is 243 g/mol. The van der Waals surface area contributed by atoms with E-state index in [0.717, 1.165) is 12.0 Å². The van der Waals surface area contributed by atoms with Crippen LogP contribution in [0.1, 0.15) is 41.0 Å². The van der Waals surface area contributed by atoms with Gasteiger partial charge in [0.1, 0.15) is 11.0 Å². The van der Waals surface area contributed by atoms with Gasteiger partial charge >= 0.3 is 0 Å². The van der Waals surface area contributed by atoms with Gasteiger partial charge in [-0.05, 0) is 34.1 Å². The lowest BCUT2D eigenvalue weighted by molar-refractivity contribution is -0.113. The van der Waals surface area contributed by atoms with E-state index in [1.54, 1.807) is 6.92 Å². The molecule has 16 heavy (non-hydrogen) atoms. The van der Waals surface area contributed by atoms with E-state index in [2.05, 4.69) is 0 Å². The van der Waals surface area contributed by atoms with Gasteiger partial charge in [0.05, 0.1) is 10.8 Å². The number of Topliss-reactive ketones (excluding diaryl/α,β-unsaturated/α-hetero) is 1. The lowest BCUT2D eigenvalue weighted by Gasteiger charge is -2.30. The summed E-state index contributed by atoms with van der Waals surface area (Å²) in [6, 6.07) is 0.0255. The number of hydrogen-bond donors (Lipinski definition) is 0. The highest BCUT2D eigenvalue weighted by molar-refractivity contribution is 7.84. The molecule has 1 aliphatic rings. The molecule has 0 fully saturated rings. The molecule has 0 amide bonds. The first-order chi connectivity index (χ1) is 7.29. The summed E-state index contributed by atoms with van der Waals surface area (Å²) in [7, 11) is -1.05. The van der Waals surface area contributed by atoms with Gasteiger partial charge in [0, 0.05) is 12.1 Å². The predicted octanol–water partition coefficient (Wildman–Crippen LogP) is 2.06. The number of ketones is 1. The average Bonchev–Trinajstić information content (AvgIpc) is 2.57. The minimum absolute atomic E-state index is 0.0255. The van der Waals surface area contributed by atoms with Crippen molar-refractivity contribution in [3.63, 3.8) is 0 Å². The Labute approximate surface area is 100 Å². The Balaban J connectivity index is 2.89. The molecule has 0 radical (unpaired) electrons. The van der Waals surface area contributed by atoms with Crippen LogP contribution in [-0.4, -0.2) is 31.6 Å². The molecule has 0 unspecified atom stereocenters. The van der Waals surface area contributed by atoms with Gasteiger partial charge in [-0.15, -0.1) is 0 Å². The van der Waals surface area contributed by atoms with E-state index < -0.39 is 11.0 Å². The zero-order chi connectivity index (χ0) is 12.5. The van der Waals surface area contributed by atoms with E-state index in [4.69, 9.17) is 0 Å². The molecule has 2 atom stereocenters. The largest absolute Gasteiger partial charge is 0.295 e. The van der Waals surface area contributed by atoms with Gasteiger partial charge in [0.2, 0.25) is 0 Å². The third-order valence-corrected chi connectivity index (χ3v) is 4.61. The van der Waals surface area contributed by atoms with E-state index in [1.165, 1.54) is 0 Å². The Kier molecular flexibility index (Phi) is 4.07. The highest BCUT2D eigenvalue weighted by atomic mass is 32.2. The molecule has 0 aliphatic carbocycles. The molecule has 1 rings (SSSR count). The third-order valence-electron chi connectivity index (χ3n) is 2.73. The van der Waals surface area contributed by atoms with Crippen LogP contribution in [0.15, 0.2) is 11.6 Å². The smallest absolute Gasteiger partial charge is 0.157 e. The highest BCUT2D eigenvalue weighted by Gasteiger charge is 2.36. The second-order valence-electron chi connectivity index (χ2n) is 5.10. The molecule has 92 valence electrons. The lowest BCUT2D eigenvalue weighted by Crippen LogP contribution is -2.42. The van der Waals surface area contributed by atoms with Crippen molar-refractivity contribution in [1.29, 1.82) is 0 Å². The van der Waals surface area contributed by atoms with Crippen molar-refractivity contribution in [3.05, 3.63) is 11.6 Å². The van der Waals surface area contributed by atoms with Crippen molar-refractivity contribution < 1.29 is 9.00 Å². The van der Waals surface area contributed by atoms with Crippen LogP contribution in [0.5, 0.6) is 0 Å². The quantitative estimate of drug-likeness (QED) is 0.761. The second kappa shape index (κ2) is 4.80. The summed E-state index contributed by atoms with van der Waals surface area (Å²) in [6.45, 7) is 10.1. The van der Waals surface area contributed by atoms with Crippen LogP contribution in [0.25, 0.3) is 0 Å². The fraction of sp³-hybridized carbons (Fsp3) is 0.750. The maximum Gasteiger partial charge on any atom is 0.157 e. The molecular formula is C12H21NO2S. The molecule has 4 heteroatoms. The standard InChI is InChI=1S/C12H21NO2S/c1-6-11-10(9(2)14)7-8-13(11)16(15)12(3,4)5/h7,11H,6,8H2,1-5H3/t11-,16-/m0/s1. The van der Waals surface area contributed by atoms with Gasteiger partial charge in [-0.1, -0.05) is 13.0 Å². The molecule has 1 aliphatic heterocycles. The zero-order valence-electron chi connectivity index (χ0n) is 10.7. The van der Waals surface area contributed by atoms with E-state index >= 15 is 0 Å². The van der Waals surface area contributed by atoms with Crippen molar-refractivity contribution >= 4 is 16.8 Å². The summed E-state index contributed by atoms with van der Waals surface area (Å²) >= 11 is 0. The molecule has 0 aromatic carbocycles. The summed E-state index contributed by atoms with van der Waals surface area (Å²) in [5.41, 5.74) is 0.820. The first-order valence-corrected chi connectivity index (χ1v) is 6.79. The Morgan fingerprint density at radius 2 is 2.12 bits per heavy atom. The third kappa shape index (κ3) is 2.61. The fourth-order valence-corrected chi connectivity index (χ4v) is 3.35. The Bertz CT molecular complexity index is 341. The van der Waals surface area contributed by atoms with Crippen LogP contribution in [0.4, 0.5) is 0 Å². The first kappa shape index (κ1) is 13.6. The Morgan fingerprint density at radius 3 is 2.50 bits per heavy atom. The minimum Gasteiger partial charge on any atom is -0.295 e. The molecule has 0 spiro atoms.